The molecule has 5 heteroatoms. The van der Waals surface area contributed by atoms with Gasteiger partial charge in [0, 0.05) is 28.1 Å². The zero-order valence-electron chi connectivity index (χ0n) is 18.2. The summed E-state index contributed by atoms with van der Waals surface area (Å²) < 4.78 is 2.02. The first kappa shape index (κ1) is 19.8. The highest BCUT2D eigenvalue weighted by atomic mass is 32.1. The van der Waals surface area contributed by atoms with Crippen LogP contribution in [-0.2, 0) is 11.2 Å². The number of hydrogen-bond donors (Lipinski definition) is 2. The zero-order valence-corrected chi connectivity index (χ0v) is 19.1. The molecule has 0 amide bonds. The maximum atomic E-state index is 13.6. The lowest BCUT2D eigenvalue weighted by Gasteiger charge is -2.56. The molecule has 3 fully saturated rings. The van der Waals surface area contributed by atoms with E-state index in [0.717, 1.165) is 48.4 Å². The van der Waals surface area contributed by atoms with E-state index in [0.29, 0.717) is 24.0 Å². The molecule has 1 aromatic heterocycles. The molecule has 0 radical (unpaired) electrons. The summed E-state index contributed by atoms with van der Waals surface area (Å²) in [7, 11) is 0. The van der Waals surface area contributed by atoms with E-state index < -0.39 is 0 Å². The molecule has 3 saturated carbocycles. The number of aromatic nitrogens is 2. The number of rotatable bonds is 1. The van der Waals surface area contributed by atoms with Gasteiger partial charge in [-0.3, -0.25) is 4.79 Å². The molecule has 0 aliphatic heterocycles. The van der Waals surface area contributed by atoms with Crippen molar-refractivity contribution >= 4 is 24.5 Å². The fourth-order valence-electron chi connectivity index (χ4n) is 7.66. The predicted molar refractivity (Wildman–Crippen MR) is 123 cm³/mol. The minimum Gasteiger partial charge on any atom is -0.393 e. The highest BCUT2D eigenvalue weighted by molar-refractivity contribution is 7.80. The number of benzene rings is 1. The summed E-state index contributed by atoms with van der Waals surface area (Å²) in [5.41, 5.74) is 4.48. The lowest BCUT2D eigenvalue weighted by molar-refractivity contribution is -0.147. The maximum Gasteiger partial charge on any atom is 0.137 e. The molecular weight excluding hydrogens is 404 g/mol. The van der Waals surface area contributed by atoms with Gasteiger partial charge in [0.1, 0.15) is 5.78 Å². The van der Waals surface area contributed by atoms with E-state index >= 15 is 0 Å². The van der Waals surface area contributed by atoms with Gasteiger partial charge in [0.05, 0.1) is 23.7 Å². The van der Waals surface area contributed by atoms with Gasteiger partial charge in [-0.25, -0.2) is 4.68 Å². The third-order valence-corrected chi connectivity index (χ3v) is 9.52. The number of aliphatic hydroxyl groups excluding tert-OH is 1. The number of ketones is 1. The van der Waals surface area contributed by atoms with Crippen LogP contribution in [0.5, 0.6) is 0 Å². The van der Waals surface area contributed by atoms with Gasteiger partial charge in [0.15, 0.2) is 0 Å². The fourth-order valence-corrected chi connectivity index (χ4v) is 7.81. The lowest BCUT2D eigenvalue weighted by atomic mass is 9.47. The first-order chi connectivity index (χ1) is 14.8. The molecule has 4 aliphatic carbocycles. The van der Waals surface area contributed by atoms with Crippen LogP contribution in [0.1, 0.15) is 57.2 Å². The van der Waals surface area contributed by atoms with Crippen LogP contribution >= 0.6 is 12.6 Å². The van der Waals surface area contributed by atoms with Gasteiger partial charge in [-0.1, -0.05) is 19.4 Å². The number of fused-ring (bicyclic) bond motifs is 6. The molecule has 1 N–H and O–H groups in total. The molecule has 6 rings (SSSR count). The Morgan fingerprint density at radius 2 is 1.90 bits per heavy atom. The van der Waals surface area contributed by atoms with Crippen molar-refractivity contribution in [3.8, 4) is 5.69 Å². The third kappa shape index (κ3) is 2.65. The molecule has 162 valence electrons. The molecule has 0 saturated heterocycles. The highest BCUT2D eigenvalue weighted by Crippen LogP contribution is 2.64. The van der Waals surface area contributed by atoms with Crippen molar-refractivity contribution in [2.45, 2.75) is 63.4 Å². The van der Waals surface area contributed by atoms with E-state index in [9.17, 15) is 9.90 Å². The van der Waals surface area contributed by atoms with Crippen LogP contribution in [0, 0.1) is 28.6 Å². The molecular formula is C26H30N2O2S. The maximum absolute atomic E-state index is 13.6. The van der Waals surface area contributed by atoms with Gasteiger partial charge in [-0.15, -0.1) is 12.6 Å². The minimum absolute atomic E-state index is 0.0656. The number of thiol groups is 1. The summed E-state index contributed by atoms with van der Waals surface area (Å²) in [6.45, 7) is 4.48. The summed E-state index contributed by atoms with van der Waals surface area (Å²) in [6, 6.07) is 8.09. The normalized spacial score (nSPS) is 38.7. The molecule has 1 aromatic carbocycles. The second-order valence-corrected chi connectivity index (χ2v) is 11.3. The van der Waals surface area contributed by atoms with E-state index in [1.165, 1.54) is 11.1 Å². The van der Waals surface area contributed by atoms with E-state index in [1.807, 2.05) is 23.0 Å². The first-order valence-corrected chi connectivity index (χ1v) is 12.0. The Balaban J connectivity index is 1.40. The van der Waals surface area contributed by atoms with Gasteiger partial charge < -0.3 is 5.11 Å². The SMILES string of the molecule is CC12Cc3cnn(-c4ccc(S)cc4)c3C=C1CCC1C2C(=O)CC2(C)C1CC[C@H]2O. The number of aliphatic hydroxyl groups is 1. The van der Waals surface area contributed by atoms with Gasteiger partial charge in [-0.05, 0) is 79.8 Å². The minimum atomic E-state index is -0.327. The summed E-state index contributed by atoms with van der Waals surface area (Å²) in [4.78, 5) is 14.5. The number of carbonyl (C=O) groups is 1. The number of Topliss-reactive ketones (excluding diaryl/α,β-unsaturated/α-hetero) is 1. The Labute approximate surface area is 189 Å². The first-order valence-electron chi connectivity index (χ1n) is 11.6. The van der Waals surface area contributed by atoms with Gasteiger partial charge in [0.2, 0.25) is 0 Å². The average Bonchev–Trinajstić information content (AvgIpc) is 3.26. The van der Waals surface area contributed by atoms with Crippen molar-refractivity contribution in [2.24, 2.45) is 28.6 Å². The van der Waals surface area contributed by atoms with Crippen molar-refractivity contribution in [1.29, 1.82) is 0 Å². The fraction of sp³-hybridized carbons (Fsp3) is 0.538. The number of nitrogens with zero attached hydrogens (tertiary/aromatic N) is 2. The number of hydrogen-bond acceptors (Lipinski definition) is 4. The quantitative estimate of drug-likeness (QED) is 0.629. The van der Waals surface area contributed by atoms with E-state index in [1.54, 1.807) is 0 Å². The molecule has 0 spiro atoms. The smallest absolute Gasteiger partial charge is 0.137 e. The Morgan fingerprint density at radius 3 is 2.68 bits per heavy atom. The summed E-state index contributed by atoms with van der Waals surface area (Å²) in [5, 5.41) is 15.4. The van der Waals surface area contributed by atoms with Crippen molar-refractivity contribution < 1.29 is 9.90 Å². The standard InChI is InChI=1S/C26H30N2O2S/c1-25-12-15-14-27-28(17-4-6-18(31)7-5-17)21(15)11-16(25)3-8-19-20-9-10-23(30)26(20,2)13-22(29)24(19)25/h4-7,11,14,19-20,23-24,30-31H,3,8-10,12-13H2,1-2H3/t19?,20?,23-,24?,25?,26?/m1/s1. The Morgan fingerprint density at radius 1 is 1.13 bits per heavy atom. The number of carbonyl (C=O) groups excluding carboxylic acids is 1. The highest BCUT2D eigenvalue weighted by Gasteiger charge is 2.62. The van der Waals surface area contributed by atoms with Crippen molar-refractivity contribution in [1.82, 2.24) is 9.78 Å². The largest absolute Gasteiger partial charge is 0.393 e. The van der Waals surface area contributed by atoms with Crippen LogP contribution in [0.15, 0.2) is 40.9 Å². The van der Waals surface area contributed by atoms with E-state index in [2.05, 4.69) is 44.7 Å². The monoisotopic (exact) mass is 434 g/mol. The Kier molecular flexibility index (Phi) is 4.21. The Bertz CT molecular complexity index is 1100. The molecule has 6 atom stereocenters. The van der Waals surface area contributed by atoms with Crippen LogP contribution in [0.2, 0.25) is 0 Å². The second kappa shape index (κ2) is 6.58. The van der Waals surface area contributed by atoms with Crippen LogP contribution in [-0.4, -0.2) is 26.8 Å². The lowest BCUT2D eigenvalue weighted by Crippen LogP contribution is -2.55. The van der Waals surface area contributed by atoms with Crippen molar-refractivity contribution in [3.63, 3.8) is 0 Å². The number of allylic oxidation sites excluding steroid dienone is 1. The molecule has 1 heterocycles. The van der Waals surface area contributed by atoms with Gasteiger partial charge >= 0.3 is 0 Å². The van der Waals surface area contributed by atoms with Crippen LogP contribution in [0.4, 0.5) is 0 Å². The molecule has 4 aliphatic rings. The van der Waals surface area contributed by atoms with Crippen molar-refractivity contribution in [2.75, 3.05) is 0 Å². The third-order valence-electron chi connectivity index (χ3n) is 9.22. The summed E-state index contributed by atoms with van der Waals surface area (Å²) in [6.07, 6.45) is 9.39. The van der Waals surface area contributed by atoms with Crippen molar-refractivity contribution in [3.05, 3.63) is 47.3 Å². The van der Waals surface area contributed by atoms with Gasteiger partial charge in [-0.2, -0.15) is 5.10 Å². The van der Waals surface area contributed by atoms with E-state index in [-0.39, 0.29) is 22.9 Å². The van der Waals surface area contributed by atoms with Crippen LogP contribution in [0.25, 0.3) is 11.8 Å². The second-order valence-electron chi connectivity index (χ2n) is 10.8. The molecule has 4 nitrogen and oxygen atoms in total. The van der Waals surface area contributed by atoms with Gasteiger partial charge in [0.25, 0.3) is 0 Å². The molecule has 0 bridgehead atoms. The topological polar surface area (TPSA) is 55.1 Å². The Hall–Kier alpha value is -1.85. The molecule has 5 unspecified atom stereocenters. The molecule has 2 aromatic rings. The average molecular weight is 435 g/mol. The van der Waals surface area contributed by atoms with E-state index in [4.69, 9.17) is 5.10 Å². The van der Waals surface area contributed by atoms with Crippen LogP contribution < -0.4 is 0 Å². The van der Waals surface area contributed by atoms with Crippen LogP contribution in [0.3, 0.4) is 0 Å². The summed E-state index contributed by atoms with van der Waals surface area (Å²) >= 11 is 4.40. The predicted octanol–water partition coefficient (Wildman–Crippen LogP) is 4.88. The zero-order chi connectivity index (χ0) is 21.5. The summed E-state index contributed by atoms with van der Waals surface area (Å²) in [5.74, 6) is 1.30. The molecule has 31 heavy (non-hydrogen) atoms.